The summed E-state index contributed by atoms with van der Waals surface area (Å²) in [6, 6.07) is 15.5. The molecule has 3 rings (SSSR count). The molecule has 3 aromatic rings. The molecule has 0 saturated carbocycles. The molecule has 0 spiro atoms. The topological polar surface area (TPSA) is 69.0 Å². The number of benzene rings is 1. The third-order valence-corrected chi connectivity index (χ3v) is 4.08. The average Bonchev–Trinajstić information content (AvgIpc) is 3.25. The van der Waals surface area contributed by atoms with E-state index in [1.165, 1.54) is 0 Å². The van der Waals surface area contributed by atoms with Crippen molar-refractivity contribution in [3.05, 3.63) is 76.9 Å². The number of rotatable bonds is 6. The van der Waals surface area contributed by atoms with Crippen molar-refractivity contribution in [2.24, 2.45) is 0 Å². The summed E-state index contributed by atoms with van der Waals surface area (Å²) in [5.41, 5.74) is 5.03. The summed E-state index contributed by atoms with van der Waals surface area (Å²) in [7, 11) is 3.99. The standard InChI is InChI=1S/C19H19N3O2/c1-22(2)16-7-3-13(4-8-16)19(17-9-5-14(11-23)20-17)18-10-6-15(12-24)21-18/h3-12,19-21H,1-2H3. The summed E-state index contributed by atoms with van der Waals surface area (Å²) in [5.74, 6) is -0.108. The van der Waals surface area contributed by atoms with Crippen molar-refractivity contribution in [3.63, 3.8) is 0 Å². The molecule has 5 nitrogen and oxygen atoms in total. The molecular formula is C19H19N3O2. The predicted molar refractivity (Wildman–Crippen MR) is 94.1 cm³/mol. The minimum atomic E-state index is -0.108. The molecule has 2 N–H and O–H groups in total. The molecule has 122 valence electrons. The van der Waals surface area contributed by atoms with Crippen LogP contribution in [0, 0.1) is 0 Å². The van der Waals surface area contributed by atoms with Crippen molar-refractivity contribution in [1.29, 1.82) is 0 Å². The summed E-state index contributed by atoms with van der Waals surface area (Å²) in [6.07, 6.45) is 1.59. The first-order valence-corrected chi connectivity index (χ1v) is 7.68. The molecule has 1 aromatic carbocycles. The van der Waals surface area contributed by atoms with Gasteiger partial charge < -0.3 is 14.9 Å². The van der Waals surface area contributed by atoms with Crippen molar-refractivity contribution >= 4 is 18.3 Å². The Labute approximate surface area is 140 Å². The number of carbonyl (C=O) groups excluding carboxylic acids is 2. The number of H-pyrrole nitrogens is 2. The summed E-state index contributed by atoms with van der Waals surface area (Å²) < 4.78 is 0. The van der Waals surface area contributed by atoms with Crippen molar-refractivity contribution < 1.29 is 9.59 Å². The van der Waals surface area contributed by atoms with Gasteiger partial charge in [0.05, 0.1) is 17.3 Å². The number of hydrogen-bond acceptors (Lipinski definition) is 3. The molecule has 0 saturated heterocycles. The Morgan fingerprint density at radius 3 is 1.67 bits per heavy atom. The minimum Gasteiger partial charge on any atom is -0.378 e. The Hall–Kier alpha value is -3.08. The van der Waals surface area contributed by atoms with Gasteiger partial charge in [-0.1, -0.05) is 12.1 Å². The van der Waals surface area contributed by atoms with E-state index < -0.39 is 0 Å². The van der Waals surface area contributed by atoms with Crippen LogP contribution in [0.15, 0.2) is 48.5 Å². The second-order valence-electron chi connectivity index (χ2n) is 5.89. The van der Waals surface area contributed by atoms with Gasteiger partial charge in [0.1, 0.15) is 0 Å². The van der Waals surface area contributed by atoms with E-state index in [0.29, 0.717) is 11.4 Å². The molecule has 0 unspecified atom stereocenters. The average molecular weight is 321 g/mol. The molecule has 0 amide bonds. The molecule has 0 radical (unpaired) electrons. The lowest BCUT2D eigenvalue weighted by Gasteiger charge is -2.18. The van der Waals surface area contributed by atoms with Crippen LogP contribution in [0.5, 0.6) is 0 Å². The van der Waals surface area contributed by atoms with Gasteiger partial charge in [-0.15, -0.1) is 0 Å². The Morgan fingerprint density at radius 1 is 0.792 bits per heavy atom. The Balaban J connectivity index is 2.06. The largest absolute Gasteiger partial charge is 0.378 e. The summed E-state index contributed by atoms with van der Waals surface area (Å²) in [5, 5.41) is 0. The van der Waals surface area contributed by atoms with Gasteiger partial charge in [0.25, 0.3) is 0 Å². The second kappa shape index (κ2) is 6.58. The predicted octanol–water partition coefficient (Wildman–Crippen LogP) is 3.21. The first-order valence-electron chi connectivity index (χ1n) is 7.68. The SMILES string of the molecule is CN(C)c1ccc(C(c2ccc(C=O)[nH]2)c2ccc(C=O)[nH]2)cc1. The first-order chi connectivity index (χ1) is 11.6. The Morgan fingerprint density at radius 2 is 1.29 bits per heavy atom. The highest BCUT2D eigenvalue weighted by Gasteiger charge is 2.20. The Kier molecular flexibility index (Phi) is 4.33. The zero-order chi connectivity index (χ0) is 17.1. The van der Waals surface area contributed by atoms with Crippen LogP contribution >= 0.6 is 0 Å². The van der Waals surface area contributed by atoms with Crippen LogP contribution in [0.2, 0.25) is 0 Å². The van der Waals surface area contributed by atoms with E-state index in [1.54, 1.807) is 12.1 Å². The van der Waals surface area contributed by atoms with Crippen molar-refractivity contribution in [3.8, 4) is 0 Å². The van der Waals surface area contributed by atoms with Crippen molar-refractivity contribution in [1.82, 2.24) is 9.97 Å². The molecule has 0 aliphatic heterocycles. The van der Waals surface area contributed by atoms with E-state index in [1.807, 2.05) is 31.1 Å². The highest BCUT2D eigenvalue weighted by atomic mass is 16.1. The quantitative estimate of drug-likeness (QED) is 0.685. The van der Waals surface area contributed by atoms with E-state index in [-0.39, 0.29) is 5.92 Å². The highest BCUT2D eigenvalue weighted by molar-refractivity contribution is 5.73. The summed E-state index contributed by atoms with van der Waals surface area (Å²) in [4.78, 5) is 30.3. The van der Waals surface area contributed by atoms with E-state index in [2.05, 4.69) is 34.2 Å². The first kappa shape index (κ1) is 15.8. The maximum absolute atomic E-state index is 11.0. The van der Waals surface area contributed by atoms with Crippen LogP contribution < -0.4 is 4.90 Å². The Bertz CT molecular complexity index is 797. The van der Waals surface area contributed by atoms with E-state index >= 15 is 0 Å². The summed E-state index contributed by atoms with van der Waals surface area (Å²) in [6.45, 7) is 0. The number of aldehydes is 2. The normalized spacial score (nSPS) is 10.8. The lowest BCUT2D eigenvalue weighted by atomic mass is 9.92. The zero-order valence-corrected chi connectivity index (χ0v) is 13.6. The molecule has 2 aromatic heterocycles. The van der Waals surface area contributed by atoms with E-state index in [4.69, 9.17) is 0 Å². The van der Waals surface area contributed by atoms with Gasteiger partial charge in [0.15, 0.2) is 12.6 Å². The van der Waals surface area contributed by atoms with Crippen molar-refractivity contribution in [2.45, 2.75) is 5.92 Å². The lowest BCUT2D eigenvalue weighted by molar-refractivity contribution is 0.111. The van der Waals surface area contributed by atoms with Crippen LogP contribution in [0.3, 0.4) is 0 Å². The molecule has 24 heavy (non-hydrogen) atoms. The number of anilines is 1. The van der Waals surface area contributed by atoms with Gasteiger partial charge >= 0.3 is 0 Å². The fraction of sp³-hybridized carbons (Fsp3) is 0.158. The van der Waals surface area contributed by atoms with Crippen LogP contribution in [0.4, 0.5) is 5.69 Å². The molecule has 0 aliphatic carbocycles. The fourth-order valence-electron chi connectivity index (χ4n) is 2.82. The van der Waals surface area contributed by atoms with Crippen LogP contribution in [0.1, 0.15) is 43.8 Å². The molecule has 0 fully saturated rings. The maximum Gasteiger partial charge on any atom is 0.166 e. The minimum absolute atomic E-state index is 0.108. The summed E-state index contributed by atoms with van der Waals surface area (Å²) >= 11 is 0. The molecule has 0 bridgehead atoms. The van der Waals surface area contributed by atoms with Crippen LogP contribution in [-0.2, 0) is 0 Å². The van der Waals surface area contributed by atoms with Crippen LogP contribution in [-0.4, -0.2) is 36.6 Å². The van der Waals surface area contributed by atoms with Gasteiger partial charge in [0.2, 0.25) is 0 Å². The number of aromatic amines is 2. The molecule has 2 heterocycles. The molecule has 0 aliphatic rings. The molecule has 5 heteroatoms. The fourth-order valence-corrected chi connectivity index (χ4v) is 2.82. The van der Waals surface area contributed by atoms with Crippen molar-refractivity contribution in [2.75, 3.05) is 19.0 Å². The van der Waals surface area contributed by atoms with Gasteiger partial charge in [-0.05, 0) is 42.0 Å². The van der Waals surface area contributed by atoms with E-state index in [9.17, 15) is 9.59 Å². The number of nitrogens with one attached hydrogen (secondary N) is 2. The third-order valence-electron chi connectivity index (χ3n) is 4.08. The van der Waals surface area contributed by atoms with E-state index in [0.717, 1.165) is 35.2 Å². The molecular weight excluding hydrogens is 302 g/mol. The monoisotopic (exact) mass is 321 g/mol. The smallest absolute Gasteiger partial charge is 0.166 e. The number of hydrogen-bond donors (Lipinski definition) is 2. The van der Waals surface area contributed by atoms with Gasteiger partial charge in [-0.3, -0.25) is 9.59 Å². The van der Waals surface area contributed by atoms with Gasteiger partial charge in [-0.25, -0.2) is 0 Å². The zero-order valence-electron chi connectivity index (χ0n) is 13.6. The highest BCUT2D eigenvalue weighted by Crippen LogP contribution is 2.31. The maximum atomic E-state index is 11.0. The third kappa shape index (κ3) is 3.01. The van der Waals surface area contributed by atoms with Gasteiger partial charge in [-0.2, -0.15) is 0 Å². The molecule has 0 atom stereocenters. The lowest BCUT2D eigenvalue weighted by Crippen LogP contribution is -2.09. The van der Waals surface area contributed by atoms with Crippen LogP contribution in [0.25, 0.3) is 0 Å². The number of carbonyl (C=O) groups is 2. The van der Waals surface area contributed by atoms with Gasteiger partial charge in [0, 0.05) is 31.2 Å². The number of aromatic nitrogens is 2. The second-order valence-corrected chi connectivity index (χ2v) is 5.89. The number of nitrogens with zero attached hydrogens (tertiary/aromatic N) is 1.